The number of ether oxygens (including phenoxy) is 1. The maximum absolute atomic E-state index is 12.8. The quantitative estimate of drug-likeness (QED) is 0.345. The molecule has 3 aromatic carbocycles. The average molecular weight is 438 g/mol. The van der Waals surface area contributed by atoms with E-state index in [0.29, 0.717) is 20.9 Å². The molecule has 29 heavy (non-hydrogen) atoms. The van der Waals surface area contributed by atoms with Crippen molar-refractivity contribution in [3.63, 3.8) is 0 Å². The van der Waals surface area contributed by atoms with Crippen LogP contribution in [0.5, 0.6) is 5.75 Å². The predicted molar refractivity (Wildman–Crippen MR) is 124 cm³/mol. The van der Waals surface area contributed by atoms with E-state index in [2.05, 4.69) is 0 Å². The molecule has 0 aromatic heterocycles. The molecule has 0 bridgehead atoms. The van der Waals surface area contributed by atoms with Gasteiger partial charge in [-0.25, -0.2) is 0 Å². The molecule has 1 aliphatic heterocycles. The van der Waals surface area contributed by atoms with Crippen molar-refractivity contribution in [3.05, 3.63) is 99.9 Å². The Morgan fingerprint density at radius 1 is 0.966 bits per heavy atom. The second-order valence-electron chi connectivity index (χ2n) is 6.30. The van der Waals surface area contributed by atoms with Crippen LogP contribution in [0.3, 0.4) is 0 Å². The first kappa shape index (κ1) is 19.7. The molecule has 3 nitrogen and oxygen atoms in total. The maximum atomic E-state index is 12.8. The number of rotatable bonds is 5. The number of para-hydroxylation sites is 1. The number of hydrogen-bond acceptors (Lipinski definition) is 4. The summed E-state index contributed by atoms with van der Waals surface area (Å²) in [5, 5.41) is 0.685. The molecule has 6 heteroatoms. The molecule has 4 rings (SSSR count). The summed E-state index contributed by atoms with van der Waals surface area (Å²) in [5.74, 6) is 0.629. The highest BCUT2D eigenvalue weighted by atomic mass is 35.5. The van der Waals surface area contributed by atoms with E-state index in [-0.39, 0.29) is 5.91 Å². The van der Waals surface area contributed by atoms with Crippen molar-refractivity contribution >= 4 is 57.6 Å². The van der Waals surface area contributed by atoms with Crippen molar-refractivity contribution in [1.29, 1.82) is 0 Å². The first-order chi connectivity index (χ1) is 14.1. The summed E-state index contributed by atoms with van der Waals surface area (Å²) in [6, 6.07) is 24.6. The van der Waals surface area contributed by atoms with Gasteiger partial charge >= 0.3 is 0 Å². The second-order valence-corrected chi connectivity index (χ2v) is 8.38. The molecule has 0 saturated carbocycles. The van der Waals surface area contributed by atoms with Crippen LogP contribution in [-0.2, 0) is 11.4 Å². The van der Waals surface area contributed by atoms with E-state index in [4.69, 9.17) is 28.6 Å². The predicted octanol–water partition coefficient (Wildman–Crippen LogP) is 6.32. The Morgan fingerprint density at radius 2 is 1.66 bits per heavy atom. The smallest absolute Gasteiger partial charge is 0.270 e. The molecule has 0 atom stereocenters. The third kappa shape index (κ3) is 4.53. The number of thioether (sulfide) groups is 1. The molecule has 0 N–H and O–H groups in total. The summed E-state index contributed by atoms with van der Waals surface area (Å²) >= 11 is 12.9. The van der Waals surface area contributed by atoms with Gasteiger partial charge in [-0.15, -0.1) is 0 Å². The molecule has 1 aliphatic rings. The van der Waals surface area contributed by atoms with Crippen molar-refractivity contribution < 1.29 is 9.53 Å². The van der Waals surface area contributed by atoms with Gasteiger partial charge in [-0.3, -0.25) is 9.69 Å². The van der Waals surface area contributed by atoms with Gasteiger partial charge in [-0.05, 0) is 42.0 Å². The minimum absolute atomic E-state index is 0.106. The lowest BCUT2D eigenvalue weighted by atomic mass is 10.2. The van der Waals surface area contributed by atoms with Crippen LogP contribution >= 0.6 is 35.6 Å². The first-order valence-electron chi connectivity index (χ1n) is 8.91. The fraction of sp³-hybridized carbons (Fsp3) is 0.0435. The van der Waals surface area contributed by atoms with Crippen molar-refractivity contribution in [2.45, 2.75) is 6.61 Å². The lowest BCUT2D eigenvalue weighted by Crippen LogP contribution is -2.27. The number of carbonyl (C=O) groups is 1. The molecule has 0 unspecified atom stereocenters. The number of amides is 1. The Morgan fingerprint density at radius 3 is 2.38 bits per heavy atom. The maximum Gasteiger partial charge on any atom is 0.270 e. The highest BCUT2D eigenvalue weighted by Crippen LogP contribution is 2.36. The van der Waals surface area contributed by atoms with Crippen LogP contribution in [0.4, 0.5) is 5.69 Å². The van der Waals surface area contributed by atoms with Crippen LogP contribution in [0.2, 0.25) is 5.02 Å². The number of hydrogen-bond donors (Lipinski definition) is 0. The van der Waals surface area contributed by atoms with Gasteiger partial charge in [0, 0.05) is 10.6 Å². The van der Waals surface area contributed by atoms with Crippen LogP contribution in [-0.4, -0.2) is 10.2 Å². The molecule has 0 radical (unpaired) electrons. The number of benzene rings is 3. The third-order valence-electron chi connectivity index (χ3n) is 4.34. The summed E-state index contributed by atoms with van der Waals surface area (Å²) < 4.78 is 6.34. The van der Waals surface area contributed by atoms with Crippen molar-refractivity contribution in [3.8, 4) is 5.75 Å². The van der Waals surface area contributed by atoms with Crippen LogP contribution in [0, 0.1) is 0 Å². The Hall–Kier alpha value is -2.60. The Balaban J connectivity index is 1.45. The fourth-order valence-electron chi connectivity index (χ4n) is 2.86. The minimum atomic E-state index is -0.106. The number of thiocarbonyl (C=S) groups is 1. The van der Waals surface area contributed by atoms with Gasteiger partial charge in [0.2, 0.25) is 0 Å². The summed E-state index contributed by atoms with van der Waals surface area (Å²) in [7, 11) is 0. The van der Waals surface area contributed by atoms with E-state index >= 15 is 0 Å². The Kier molecular flexibility index (Phi) is 6.00. The van der Waals surface area contributed by atoms with Gasteiger partial charge in [-0.2, -0.15) is 0 Å². The zero-order valence-corrected chi connectivity index (χ0v) is 17.6. The van der Waals surface area contributed by atoms with E-state index in [1.807, 2.05) is 84.9 Å². The summed E-state index contributed by atoms with van der Waals surface area (Å²) in [6.45, 7) is 0.398. The lowest BCUT2D eigenvalue weighted by molar-refractivity contribution is -0.113. The number of halogens is 1. The molecule has 1 amide bonds. The standard InChI is InChI=1S/C23H16ClNO2S2/c24-20-9-5-4-6-17(20)15-27-19-12-10-16(11-13-19)14-21-22(26)25(23(28)29-21)18-7-2-1-3-8-18/h1-14H,15H2/b21-14-. The van der Waals surface area contributed by atoms with Gasteiger partial charge in [0.05, 0.1) is 10.6 Å². The first-order valence-corrected chi connectivity index (χ1v) is 10.5. The molecule has 1 heterocycles. The van der Waals surface area contributed by atoms with Crippen LogP contribution < -0.4 is 9.64 Å². The van der Waals surface area contributed by atoms with Gasteiger partial charge in [-0.1, -0.05) is 84.1 Å². The fourth-order valence-corrected chi connectivity index (χ4v) is 4.34. The zero-order valence-electron chi connectivity index (χ0n) is 15.2. The molecule has 1 saturated heterocycles. The van der Waals surface area contributed by atoms with Gasteiger partial charge in [0.15, 0.2) is 4.32 Å². The minimum Gasteiger partial charge on any atom is -0.489 e. The van der Waals surface area contributed by atoms with Gasteiger partial charge < -0.3 is 4.74 Å². The monoisotopic (exact) mass is 437 g/mol. The van der Waals surface area contributed by atoms with Crippen molar-refractivity contribution in [2.75, 3.05) is 4.90 Å². The van der Waals surface area contributed by atoms with Gasteiger partial charge in [0.1, 0.15) is 12.4 Å². The highest BCUT2D eigenvalue weighted by Gasteiger charge is 2.33. The van der Waals surface area contributed by atoms with Crippen molar-refractivity contribution in [2.24, 2.45) is 0 Å². The molecular weight excluding hydrogens is 422 g/mol. The second kappa shape index (κ2) is 8.82. The zero-order chi connectivity index (χ0) is 20.2. The van der Waals surface area contributed by atoms with E-state index in [0.717, 1.165) is 22.6 Å². The SMILES string of the molecule is O=C1/C(=C/c2ccc(OCc3ccccc3Cl)cc2)SC(=S)N1c1ccccc1. The largest absolute Gasteiger partial charge is 0.489 e. The van der Waals surface area contributed by atoms with Gasteiger partial charge in [0.25, 0.3) is 5.91 Å². The van der Waals surface area contributed by atoms with Crippen LogP contribution in [0.15, 0.2) is 83.8 Å². The number of nitrogens with zero attached hydrogens (tertiary/aromatic N) is 1. The topological polar surface area (TPSA) is 29.5 Å². The summed E-state index contributed by atoms with van der Waals surface area (Å²) in [5.41, 5.74) is 2.62. The number of anilines is 1. The van der Waals surface area contributed by atoms with Crippen LogP contribution in [0.1, 0.15) is 11.1 Å². The van der Waals surface area contributed by atoms with E-state index < -0.39 is 0 Å². The molecule has 0 spiro atoms. The van der Waals surface area contributed by atoms with Crippen molar-refractivity contribution in [1.82, 2.24) is 0 Å². The molecular formula is C23H16ClNO2S2. The normalized spacial score (nSPS) is 15.2. The lowest BCUT2D eigenvalue weighted by Gasteiger charge is -2.13. The third-order valence-corrected chi connectivity index (χ3v) is 6.01. The molecule has 3 aromatic rings. The number of carbonyl (C=O) groups excluding carboxylic acids is 1. The average Bonchev–Trinajstić information content (AvgIpc) is 3.02. The Bertz CT molecular complexity index is 1080. The molecule has 1 fully saturated rings. The highest BCUT2D eigenvalue weighted by molar-refractivity contribution is 8.27. The van der Waals surface area contributed by atoms with E-state index in [1.165, 1.54) is 11.8 Å². The molecule has 0 aliphatic carbocycles. The Labute approximate surface area is 183 Å². The molecule has 144 valence electrons. The van der Waals surface area contributed by atoms with Crippen LogP contribution in [0.25, 0.3) is 6.08 Å². The van der Waals surface area contributed by atoms with E-state index in [1.54, 1.807) is 4.90 Å². The summed E-state index contributed by atoms with van der Waals surface area (Å²) in [4.78, 5) is 15.0. The van der Waals surface area contributed by atoms with E-state index in [9.17, 15) is 4.79 Å². The summed E-state index contributed by atoms with van der Waals surface area (Å²) in [6.07, 6.45) is 1.85.